The van der Waals surface area contributed by atoms with Gasteiger partial charge in [0, 0.05) is 19.3 Å². The summed E-state index contributed by atoms with van der Waals surface area (Å²) in [4.78, 5) is 16.0. The Labute approximate surface area is 103 Å². The summed E-state index contributed by atoms with van der Waals surface area (Å²) in [6.45, 7) is 0.451. The first-order valence-electron chi connectivity index (χ1n) is 5.25. The van der Waals surface area contributed by atoms with E-state index in [1.807, 2.05) is 6.07 Å². The van der Waals surface area contributed by atoms with E-state index in [0.717, 1.165) is 0 Å². The van der Waals surface area contributed by atoms with Gasteiger partial charge in [-0.05, 0) is 18.6 Å². The highest BCUT2D eigenvalue weighted by atomic mass is 35.5. The van der Waals surface area contributed by atoms with Crippen LogP contribution in [0.3, 0.4) is 0 Å². The first-order valence-corrected chi connectivity index (χ1v) is 5.63. The van der Waals surface area contributed by atoms with Crippen LogP contribution in [0.25, 0.3) is 5.65 Å². The highest BCUT2D eigenvalue weighted by Gasteiger charge is 2.16. The van der Waals surface area contributed by atoms with E-state index in [9.17, 15) is 4.79 Å². The van der Waals surface area contributed by atoms with Gasteiger partial charge in [-0.15, -0.1) is 0 Å². The third-order valence-electron chi connectivity index (χ3n) is 2.32. The number of pyridine rings is 1. The molecule has 0 saturated heterocycles. The number of aromatic nitrogens is 2. The zero-order valence-electron chi connectivity index (χ0n) is 9.06. The van der Waals surface area contributed by atoms with Crippen molar-refractivity contribution in [2.24, 2.45) is 0 Å². The Kier molecular flexibility index (Phi) is 3.61. The quantitative estimate of drug-likeness (QED) is 0.802. The second-order valence-corrected chi connectivity index (χ2v) is 3.87. The van der Waals surface area contributed by atoms with E-state index in [4.69, 9.17) is 16.7 Å². The van der Waals surface area contributed by atoms with Gasteiger partial charge in [-0.3, -0.25) is 9.20 Å². The van der Waals surface area contributed by atoms with Crippen molar-refractivity contribution in [1.29, 1.82) is 0 Å². The monoisotopic (exact) mass is 253 g/mol. The number of aliphatic hydroxyl groups is 1. The minimum atomic E-state index is -0.290. The second kappa shape index (κ2) is 5.16. The molecular formula is C11H12ClN3O2. The maximum atomic E-state index is 11.9. The predicted molar refractivity (Wildman–Crippen MR) is 64.2 cm³/mol. The van der Waals surface area contributed by atoms with Crippen LogP contribution in [0.2, 0.25) is 5.15 Å². The Morgan fingerprint density at radius 3 is 3.12 bits per heavy atom. The predicted octanol–water partition coefficient (Wildman–Crippen LogP) is 1.10. The van der Waals surface area contributed by atoms with Crippen LogP contribution >= 0.6 is 11.6 Å². The minimum absolute atomic E-state index is 0.0428. The van der Waals surface area contributed by atoms with Crippen molar-refractivity contribution in [3.63, 3.8) is 0 Å². The summed E-state index contributed by atoms with van der Waals surface area (Å²) < 4.78 is 1.64. The topological polar surface area (TPSA) is 66.6 Å². The van der Waals surface area contributed by atoms with E-state index in [1.54, 1.807) is 22.7 Å². The van der Waals surface area contributed by atoms with Gasteiger partial charge >= 0.3 is 0 Å². The van der Waals surface area contributed by atoms with E-state index >= 15 is 0 Å². The van der Waals surface area contributed by atoms with E-state index < -0.39 is 0 Å². The third-order valence-corrected chi connectivity index (χ3v) is 2.59. The van der Waals surface area contributed by atoms with Gasteiger partial charge in [0.1, 0.15) is 5.65 Å². The molecule has 2 aromatic rings. The van der Waals surface area contributed by atoms with Crippen molar-refractivity contribution in [3.05, 3.63) is 35.2 Å². The number of fused-ring (bicyclic) bond motifs is 1. The van der Waals surface area contributed by atoms with Crippen LogP contribution in [0.15, 0.2) is 24.4 Å². The fourth-order valence-corrected chi connectivity index (χ4v) is 1.80. The van der Waals surface area contributed by atoms with Gasteiger partial charge in [0.15, 0.2) is 10.8 Å². The van der Waals surface area contributed by atoms with Crippen LogP contribution in [0.4, 0.5) is 0 Å². The largest absolute Gasteiger partial charge is 0.396 e. The Hall–Kier alpha value is -1.59. The number of carbonyl (C=O) groups excluding carboxylic acids is 1. The molecule has 90 valence electrons. The molecule has 0 aliphatic heterocycles. The number of nitrogens with zero attached hydrogens (tertiary/aromatic N) is 2. The number of nitrogens with one attached hydrogen (secondary N) is 1. The molecule has 0 radical (unpaired) electrons. The Bertz CT molecular complexity index is 538. The summed E-state index contributed by atoms with van der Waals surface area (Å²) in [5, 5.41) is 11.5. The molecule has 5 nitrogen and oxygen atoms in total. The number of rotatable bonds is 4. The number of hydrogen-bond donors (Lipinski definition) is 2. The van der Waals surface area contributed by atoms with Crippen LogP contribution in [0.5, 0.6) is 0 Å². The fourth-order valence-electron chi connectivity index (χ4n) is 1.53. The Morgan fingerprint density at radius 1 is 1.53 bits per heavy atom. The standard InChI is InChI=1S/C11H12ClN3O2/c12-10-9(11(17)13-5-3-7-16)15-6-2-1-4-8(15)14-10/h1-2,4,6,16H,3,5,7H2,(H,13,17). The molecule has 0 fully saturated rings. The SMILES string of the molecule is O=C(NCCCO)c1c(Cl)nc2ccccn12. The van der Waals surface area contributed by atoms with Crippen molar-refractivity contribution in [1.82, 2.24) is 14.7 Å². The molecule has 17 heavy (non-hydrogen) atoms. The van der Waals surface area contributed by atoms with Crippen molar-refractivity contribution in [2.45, 2.75) is 6.42 Å². The molecule has 0 bridgehead atoms. The second-order valence-electron chi connectivity index (χ2n) is 3.51. The molecule has 2 rings (SSSR count). The van der Waals surface area contributed by atoms with Gasteiger partial charge < -0.3 is 10.4 Å². The summed E-state index contributed by atoms with van der Waals surface area (Å²) in [6, 6.07) is 5.40. The van der Waals surface area contributed by atoms with Crippen LogP contribution in [0.1, 0.15) is 16.9 Å². The Morgan fingerprint density at radius 2 is 2.35 bits per heavy atom. The smallest absolute Gasteiger partial charge is 0.271 e. The summed E-state index contributed by atoms with van der Waals surface area (Å²) in [5.41, 5.74) is 0.949. The van der Waals surface area contributed by atoms with Crippen LogP contribution in [0, 0.1) is 0 Å². The average molecular weight is 254 g/mol. The lowest BCUT2D eigenvalue weighted by atomic mass is 10.4. The molecule has 0 unspecified atom stereocenters. The van der Waals surface area contributed by atoms with Gasteiger partial charge in [0.2, 0.25) is 0 Å². The molecule has 0 spiro atoms. The number of imidazole rings is 1. The zero-order valence-corrected chi connectivity index (χ0v) is 9.81. The number of hydrogen-bond acceptors (Lipinski definition) is 3. The summed E-state index contributed by atoms with van der Waals surface area (Å²) in [5.74, 6) is -0.290. The summed E-state index contributed by atoms with van der Waals surface area (Å²) in [7, 11) is 0. The van der Waals surface area contributed by atoms with E-state index in [1.165, 1.54) is 0 Å². The van der Waals surface area contributed by atoms with Gasteiger partial charge in [-0.1, -0.05) is 17.7 Å². The minimum Gasteiger partial charge on any atom is -0.396 e. The van der Waals surface area contributed by atoms with Gasteiger partial charge in [0.25, 0.3) is 5.91 Å². The van der Waals surface area contributed by atoms with Gasteiger partial charge in [-0.25, -0.2) is 4.98 Å². The number of halogens is 1. The molecule has 0 aromatic carbocycles. The fraction of sp³-hybridized carbons (Fsp3) is 0.273. The molecule has 2 N–H and O–H groups in total. The van der Waals surface area contributed by atoms with Crippen LogP contribution < -0.4 is 5.32 Å². The van der Waals surface area contributed by atoms with Crippen molar-refractivity contribution >= 4 is 23.2 Å². The lowest BCUT2D eigenvalue weighted by Crippen LogP contribution is -2.26. The van der Waals surface area contributed by atoms with E-state index in [2.05, 4.69) is 10.3 Å². The molecule has 0 aliphatic rings. The maximum absolute atomic E-state index is 11.9. The first kappa shape index (κ1) is 11.9. The Balaban J connectivity index is 2.28. The summed E-state index contributed by atoms with van der Waals surface area (Å²) >= 11 is 5.93. The molecule has 0 atom stereocenters. The highest BCUT2D eigenvalue weighted by molar-refractivity contribution is 6.32. The van der Waals surface area contributed by atoms with Crippen molar-refractivity contribution < 1.29 is 9.90 Å². The molecule has 0 saturated carbocycles. The van der Waals surface area contributed by atoms with Gasteiger partial charge in [-0.2, -0.15) is 0 Å². The van der Waals surface area contributed by atoms with Crippen LogP contribution in [-0.2, 0) is 0 Å². The van der Waals surface area contributed by atoms with Crippen molar-refractivity contribution in [3.8, 4) is 0 Å². The molecular weight excluding hydrogens is 242 g/mol. The number of aliphatic hydroxyl groups excluding tert-OH is 1. The average Bonchev–Trinajstić information content (AvgIpc) is 2.65. The normalized spacial score (nSPS) is 10.7. The number of carbonyl (C=O) groups is 1. The third kappa shape index (κ3) is 2.40. The molecule has 6 heteroatoms. The van der Waals surface area contributed by atoms with Crippen LogP contribution in [-0.4, -0.2) is 33.6 Å². The van der Waals surface area contributed by atoms with Crippen molar-refractivity contribution in [2.75, 3.05) is 13.2 Å². The molecule has 2 heterocycles. The molecule has 2 aromatic heterocycles. The van der Waals surface area contributed by atoms with E-state index in [0.29, 0.717) is 24.3 Å². The maximum Gasteiger partial charge on any atom is 0.271 e. The van der Waals surface area contributed by atoms with Gasteiger partial charge in [0.05, 0.1) is 0 Å². The lowest BCUT2D eigenvalue weighted by Gasteiger charge is -2.04. The molecule has 1 amide bonds. The summed E-state index contributed by atoms with van der Waals surface area (Å²) in [6.07, 6.45) is 2.25. The molecule has 0 aliphatic carbocycles. The lowest BCUT2D eigenvalue weighted by molar-refractivity contribution is 0.0945. The zero-order chi connectivity index (χ0) is 12.3. The highest BCUT2D eigenvalue weighted by Crippen LogP contribution is 2.17. The first-order chi connectivity index (χ1) is 8.24. The number of amides is 1. The van der Waals surface area contributed by atoms with E-state index in [-0.39, 0.29) is 17.7 Å².